The number of benzene rings is 1. The van der Waals surface area contributed by atoms with Gasteiger partial charge in [0, 0.05) is 0 Å². The van der Waals surface area contributed by atoms with E-state index in [9.17, 15) is 13.0 Å². The Morgan fingerprint density at radius 1 is 0.920 bits per heavy atom. The molecule has 0 heterocycles. The molecule has 0 bridgehead atoms. The molecule has 0 aliphatic carbocycles. The van der Waals surface area contributed by atoms with E-state index in [4.69, 9.17) is 0 Å². The molecule has 1 aromatic carbocycles. The van der Waals surface area contributed by atoms with Gasteiger partial charge in [0.05, 0.1) is 4.90 Å². The molecule has 0 N–H and O–H groups in total. The minimum absolute atomic E-state index is 0. The van der Waals surface area contributed by atoms with E-state index in [1.807, 2.05) is 19.9 Å². The Morgan fingerprint density at radius 2 is 1.44 bits per heavy atom. The van der Waals surface area contributed by atoms with Gasteiger partial charge in [-0.15, -0.1) is 0 Å². The van der Waals surface area contributed by atoms with Crippen molar-refractivity contribution in [3.8, 4) is 0 Å². The second-order valence-corrected chi connectivity index (χ2v) is 8.29. The van der Waals surface area contributed by atoms with Crippen LogP contribution in [0.5, 0.6) is 0 Å². The van der Waals surface area contributed by atoms with E-state index in [0.717, 1.165) is 36.0 Å². The fourth-order valence-electron chi connectivity index (χ4n) is 3.27. The van der Waals surface area contributed by atoms with Crippen LogP contribution in [-0.2, 0) is 10.1 Å². The predicted octanol–water partition coefficient (Wildman–Crippen LogP) is 2.85. The van der Waals surface area contributed by atoms with Crippen molar-refractivity contribution in [2.75, 3.05) is 0 Å². The van der Waals surface area contributed by atoms with Crippen LogP contribution in [0.3, 0.4) is 0 Å². The van der Waals surface area contributed by atoms with Crippen molar-refractivity contribution in [1.82, 2.24) is 0 Å². The van der Waals surface area contributed by atoms with Crippen molar-refractivity contribution in [2.24, 2.45) is 0 Å². The van der Waals surface area contributed by atoms with Crippen molar-refractivity contribution < 1.29 is 42.5 Å². The zero-order valence-electron chi connectivity index (χ0n) is 16.7. The van der Waals surface area contributed by atoms with Crippen LogP contribution in [0, 0.1) is 13.8 Å². The third kappa shape index (κ3) is 8.57. The Hall–Kier alpha value is 0.130. The van der Waals surface area contributed by atoms with Gasteiger partial charge in [0.1, 0.15) is 10.1 Å². The van der Waals surface area contributed by atoms with E-state index >= 15 is 0 Å². The molecule has 1 aromatic rings. The molecule has 0 fully saturated rings. The minimum Gasteiger partial charge on any atom is -0.744 e. The number of rotatable bonds is 11. The summed E-state index contributed by atoms with van der Waals surface area (Å²) >= 11 is 0. The van der Waals surface area contributed by atoms with E-state index in [1.165, 1.54) is 38.5 Å². The summed E-state index contributed by atoms with van der Waals surface area (Å²) in [5.41, 5.74) is 2.64. The third-order valence-electron chi connectivity index (χ3n) is 4.98. The molecule has 0 saturated carbocycles. The summed E-state index contributed by atoms with van der Waals surface area (Å²) in [5.74, 6) is 0.152. The molecule has 0 aliphatic heterocycles. The van der Waals surface area contributed by atoms with Gasteiger partial charge < -0.3 is 4.55 Å². The van der Waals surface area contributed by atoms with Crippen LogP contribution >= 0.6 is 0 Å². The first-order valence-corrected chi connectivity index (χ1v) is 10.8. The number of aryl methyl sites for hydroxylation is 2. The topological polar surface area (TPSA) is 57.2 Å². The van der Waals surface area contributed by atoms with Crippen LogP contribution < -0.4 is 29.6 Å². The molecule has 138 valence electrons. The fourth-order valence-corrected chi connectivity index (χ4v) is 4.11. The van der Waals surface area contributed by atoms with Crippen LogP contribution in [0.25, 0.3) is 0 Å². The van der Waals surface area contributed by atoms with Crippen molar-refractivity contribution in [3.63, 3.8) is 0 Å². The van der Waals surface area contributed by atoms with Crippen molar-refractivity contribution in [3.05, 3.63) is 28.8 Å². The summed E-state index contributed by atoms with van der Waals surface area (Å²) in [6, 6.07) is 3.47. The Morgan fingerprint density at radius 3 is 1.96 bits per heavy atom. The second-order valence-electron chi connectivity index (χ2n) is 6.94. The molecule has 1 rings (SSSR count). The number of hydrogen-bond acceptors (Lipinski definition) is 3. The zero-order valence-corrected chi connectivity index (χ0v) is 19.5. The van der Waals surface area contributed by atoms with Crippen LogP contribution in [0.2, 0.25) is 0 Å². The van der Waals surface area contributed by atoms with Gasteiger partial charge in [-0.05, 0) is 55.4 Å². The summed E-state index contributed by atoms with van der Waals surface area (Å²) in [6.45, 7) is 8.12. The first-order chi connectivity index (χ1) is 11.3. The van der Waals surface area contributed by atoms with Crippen LogP contribution in [-0.4, -0.2) is 13.0 Å². The maximum atomic E-state index is 11.7. The van der Waals surface area contributed by atoms with Crippen molar-refractivity contribution in [1.29, 1.82) is 0 Å². The van der Waals surface area contributed by atoms with E-state index in [1.54, 1.807) is 6.07 Å². The summed E-state index contributed by atoms with van der Waals surface area (Å²) in [6.07, 6.45) is 10.5. The summed E-state index contributed by atoms with van der Waals surface area (Å²) in [4.78, 5) is -0.0135. The van der Waals surface area contributed by atoms with Crippen molar-refractivity contribution >= 4 is 10.1 Å². The summed E-state index contributed by atoms with van der Waals surface area (Å²) < 4.78 is 35.0. The molecule has 0 saturated heterocycles. The first kappa shape index (κ1) is 25.1. The van der Waals surface area contributed by atoms with Crippen LogP contribution in [0.4, 0.5) is 0 Å². The van der Waals surface area contributed by atoms with Gasteiger partial charge in [-0.2, -0.15) is 0 Å². The molecule has 0 aliphatic rings. The zero-order chi connectivity index (χ0) is 18.2. The largest absolute Gasteiger partial charge is 1.00 e. The summed E-state index contributed by atoms with van der Waals surface area (Å²) in [5, 5.41) is 0. The van der Waals surface area contributed by atoms with Gasteiger partial charge in [-0.25, -0.2) is 8.42 Å². The SMILES string of the molecule is CCCCCCCCCC(CC)c1cc(C)c(C)cc1S(=O)(=O)[O-].[Na+]. The van der Waals surface area contributed by atoms with Gasteiger partial charge in [0.25, 0.3) is 0 Å². The van der Waals surface area contributed by atoms with E-state index in [-0.39, 0.29) is 40.4 Å². The molecular weight excluding hydrogens is 343 g/mol. The molecule has 0 amide bonds. The van der Waals surface area contributed by atoms with Crippen LogP contribution in [0.15, 0.2) is 17.0 Å². The standard InChI is InChI=1S/C20H34O3S.Na/c1-5-7-8-9-10-11-12-13-18(6-2)19-14-16(3)17(4)15-20(19)24(21,22)23;/h14-15,18H,5-13H2,1-4H3,(H,21,22,23);/q;+1/p-1. The maximum Gasteiger partial charge on any atom is 1.00 e. The maximum absolute atomic E-state index is 11.7. The van der Waals surface area contributed by atoms with E-state index in [2.05, 4.69) is 13.8 Å². The van der Waals surface area contributed by atoms with E-state index < -0.39 is 10.1 Å². The molecule has 5 heteroatoms. The van der Waals surface area contributed by atoms with Gasteiger partial charge >= 0.3 is 29.6 Å². The molecule has 1 unspecified atom stereocenters. The molecular formula is C20H33NaO3S. The van der Waals surface area contributed by atoms with Gasteiger partial charge in [-0.1, -0.05) is 64.9 Å². The van der Waals surface area contributed by atoms with Gasteiger partial charge in [0.15, 0.2) is 0 Å². The average Bonchev–Trinajstić information content (AvgIpc) is 2.51. The summed E-state index contributed by atoms with van der Waals surface area (Å²) in [7, 11) is -4.42. The molecule has 25 heavy (non-hydrogen) atoms. The smallest absolute Gasteiger partial charge is 0.744 e. The van der Waals surface area contributed by atoms with Gasteiger partial charge in [0.2, 0.25) is 0 Å². The predicted molar refractivity (Wildman–Crippen MR) is 99.5 cm³/mol. The molecule has 0 aromatic heterocycles. The molecule has 0 spiro atoms. The van der Waals surface area contributed by atoms with E-state index in [0.29, 0.717) is 0 Å². The molecule has 0 radical (unpaired) electrons. The Kier molecular flexibility index (Phi) is 12.6. The Bertz CT molecular complexity index is 612. The monoisotopic (exact) mass is 376 g/mol. The fraction of sp³-hybridized carbons (Fsp3) is 0.700. The number of unbranched alkanes of at least 4 members (excludes halogenated alkanes) is 6. The molecule has 3 nitrogen and oxygen atoms in total. The normalized spacial score (nSPS) is 12.7. The average molecular weight is 377 g/mol. The third-order valence-corrected chi connectivity index (χ3v) is 5.88. The number of hydrogen-bond donors (Lipinski definition) is 0. The Balaban J connectivity index is 0.00000576. The van der Waals surface area contributed by atoms with Gasteiger partial charge in [-0.3, -0.25) is 0 Å². The second kappa shape index (κ2) is 12.5. The Labute approximate surface area is 177 Å². The van der Waals surface area contributed by atoms with Crippen LogP contribution in [0.1, 0.15) is 94.2 Å². The quantitative estimate of drug-likeness (QED) is 0.339. The molecule has 1 atom stereocenters. The first-order valence-electron chi connectivity index (χ1n) is 9.38. The van der Waals surface area contributed by atoms with Crippen molar-refractivity contribution in [2.45, 2.75) is 96.3 Å². The minimum atomic E-state index is -4.42.